The second kappa shape index (κ2) is 8.19. The van der Waals surface area contributed by atoms with Crippen molar-refractivity contribution in [3.63, 3.8) is 0 Å². The Morgan fingerprint density at radius 2 is 1.74 bits per heavy atom. The van der Waals surface area contributed by atoms with E-state index in [4.69, 9.17) is 14.2 Å². The van der Waals surface area contributed by atoms with Gasteiger partial charge in [-0.1, -0.05) is 30.8 Å². The Bertz CT molecular complexity index is 693. The number of ether oxygens (including phenoxy) is 3. The third-order valence-electron chi connectivity index (χ3n) is 3.15. The van der Waals surface area contributed by atoms with Gasteiger partial charge in [-0.3, -0.25) is 0 Å². The lowest BCUT2D eigenvalue weighted by molar-refractivity contribution is -0.140. The average molecular weight is 316 g/mol. The third-order valence-corrected chi connectivity index (χ3v) is 3.15. The van der Waals surface area contributed by atoms with Crippen molar-refractivity contribution in [1.29, 1.82) is 0 Å². The third kappa shape index (κ3) is 4.72. The van der Waals surface area contributed by atoms with E-state index in [-0.39, 0.29) is 12.4 Å². The molecule has 1 N–H and O–H groups in total. The highest BCUT2D eigenvalue weighted by atomic mass is 16.6. The first-order chi connectivity index (χ1) is 11.1. The molecule has 5 heteroatoms. The molecule has 0 aliphatic heterocycles. The monoisotopic (exact) mass is 316 g/mol. The SMILES string of the molecule is C=C(C)C(=O)OCCOCCOc1cccc2c(O)cccc12. The van der Waals surface area contributed by atoms with Crippen molar-refractivity contribution in [2.45, 2.75) is 6.92 Å². The molecule has 0 bridgehead atoms. The van der Waals surface area contributed by atoms with E-state index in [2.05, 4.69) is 6.58 Å². The predicted molar refractivity (Wildman–Crippen MR) is 87.7 cm³/mol. The highest BCUT2D eigenvalue weighted by Crippen LogP contribution is 2.31. The van der Waals surface area contributed by atoms with Crippen LogP contribution in [0.4, 0.5) is 0 Å². The fourth-order valence-electron chi connectivity index (χ4n) is 2.02. The van der Waals surface area contributed by atoms with E-state index in [1.165, 1.54) is 0 Å². The first-order valence-corrected chi connectivity index (χ1v) is 7.33. The van der Waals surface area contributed by atoms with Crippen LogP contribution in [0.1, 0.15) is 6.92 Å². The summed E-state index contributed by atoms with van der Waals surface area (Å²) in [6, 6.07) is 10.8. The summed E-state index contributed by atoms with van der Waals surface area (Å²) < 4.78 is 15.9. The van der Waals surface area contributed by atoms with Crippen molar-refractivity contribution in [3.05, 3.63) is 48.6 Å². The highest BCUT2D eigenvalue weighted by molar-refractivity contribution is 5.92. The summed E-state index contributed by atoms with van der Waals surface area (Å²) in [6.07, 6.45) is 0. The minimum atomic E-state index is -0.416. The summed E-state index contributed by atoms with van der Waals surface area (Å²) >= 11 is 0. The number of rotatable bonds is 8. The molecule has 23 heavy (non-hydrogen) atoms. The number of hydrogen-bond acceptors (Lipinski definition) is 5. The van der Waals surface area contributed by atoms with E-state index in [0.29, 0.717) is 31.1 Å². The molecular weight excluding hydrogens is 296 g/mol. The lowest BCUT2D eigenvalue weighted by atomic mass is 10.1. The van der Waals surface area contributed by atoms with E-state index in [1.54, 1.807) is 19.1 Å². The minimum absolute atomic E-state index is 0.188. The predicted octanol–water partition coefficient (Wildman–Crippen LogP) is 3.06. The molecule has 0 radical (unpaired) electrons. The van der Waals surface area contributed by atoms with Crippen LogP contribution < -0.4 is 4.74 Å². The summed E-state index contributed by atoms with van der Waals surface area (Å²) in [7, 11) is 0. The Labute approximate surface area is 135 Å². The number of fused-ring (bicyclic) bond motifs is 1. The molecule has 0 saturated carbocycles. The maximum absolute atomic E-state index is 11.1. The maximum Gasteiger partial charge on any atom is 0.333 e. The standard InChI is InChI=1S/C18H20O5/c1-13(2)18(20)23-12-10-21-9-11-22-17-8-4-5-14-15(17)6-3-7-16(14)19/h3-8,19H,1,9-12H2,2H3. The maximum atomic E-state index is 11.1. The first kappa shape index (κ1) is 16.8. The zero-order valence-electron chi connectivity index (χ0n) is 13.1. The van der Waals surface area contributed by atoms with E-state index in [0.717, 1.165) is 10.8 Å². The van der Waals surface area contributed by atoms with Gasteiger partial charge in [0.1, 0.15) is 24.7 Å². The number of aromatic hydroxyl groups is 1. The number of benzene rings is 2. The molecule has 0 aliphatic carbocycles. The van der Waals surface area contributed by atoms with Crippen molar-refractivity contribution in [2.24, 2.45) is 0 Å². The van der Waals surface area contributed by atoms with Crippen molar-refractivity contribution >= 4 is 16.7 Å². The van der Waals surface area contributed by atoms with Crippen LogP contribution in [0, 0.1) is 0 Å². The summed E-state index contributed by atoms with van der Waals surface area (Å²) in [4.78, 5) is 11.1. The van der Waals surface area contributed by atoms with Crippen LogP contribution in [0.2, 0.25) is 0 Å². The van der Waals surface area contributed by atoms with Crippen LogP contribution in [-0.4, -0.2) is 37.5 Å². The highest BCUT2D eigenvalue weighted by Gasteiger charge is 2.05. The Balaban J connectivity index is 1.74. The Hall–Kier alpha value is -2.53. The van der Waals surface area contributed by atoms with Gasteiger partial charge in [0.2, 0.25) is 0 Å². The van der Waals surface area contributed by atoms with Crippen LogP contribution in [0.15, 0.2) is 48.6 Å². The molecule has 0 fully saturated rings. The van der Waals surface area contributed by atoms with Crippen LogP contribution >= 0.6 is 0 Å². The van der Waals surface area contributed by atoms with Crippen molar-refractivity contribution in [3.8, 4) is 11.5 Å². The number of carbonyl (C=O) groups is 1. The normalized spacial score (nSPS) is 10.5. The average Bonchev–Trinajstić information content (AvgIpc) is 2.54. The molecule has 0 heterocycles. The largest absolute Gasteiger partial charge is 0.507 e. The first-order valence-electron chi connectivity index (χ1n) is 7.33. The molecule has 2 aromatic carbocycles. The van der Waals surface area contributed by atoms with Gasteiger partial charge in [0, 0.05) is 16.3 Å². The van der Waals surface area contributed by atoms with Crippen molar-refractivity contribution in [2.75, 3.05) is 26.4 Å². The van der Waals surface area contributed by atoms with E-state index in [1.807, 2.05) is 24.3 Å². The van der Waals surface area contributed by atoms with Gasteiger partial charge in [-0.15, -0.1) is 0 Å². The fourth-order valence-corrected chi connectivity index (χ4v) is 2.02. The van der Waals surface area contributed by atoms with Gasteiger partial charge in [-0.25, -0.2) is 4.79 Å². The second-order valence-electron chi connectivity index (χ2n) is 5.01. The molecule has 0 spiro atoms. The van der Waals surface area contributed by atoms with Crippen LogP contribution in [0.3, 0.4) is 0 Å². The Morgan fingerprint density at radius 3 is 2.52 bits per heavy atom. The molecule has 0 aromatic heterocycles. The fraction of sp³-hybridized carbons (Fsp3) is 0.278. The number of phenolic OH excluding ortho intramolecular Hbond substituents is 1. The minimum Gasteiger partial charge on any atom is -0.507 e. The van der Waals surface area contributed by atoms with Crippen LogP contribution in [0.25, 0.3) is 10.8 Å². The Morgan fingerprint density at radius 1 is 1.04 bits per heavy atom. The van der Waals surface area contributed by atoms with Crippen molar-refractivity contribution < 1.29 is 24.1 Å². The Kier molecular flexibility index (Phi) is 6.00. The van der Waals surface area contributed by atoms with E-state index < -0.39 is 5.97 Å². The zero-order valence-corrected chi connectivity index (χ0v) is 13.1. The number of phenols is 1. The summed E-state index contributed by atoms with van der Waals surface area (Å²) in [5, 5.41) is 11.4. The van der Waals surface area contributed by atoms with Gasteiger partial charge in [-0.2, -0.15) is 0 Å². The topological polar surface area (TPSA) is 65.0 Å². The molecule has 122 valence electrons. The zero-order chi connectivity index (χ0) is 16.7. The van der Waals surface area contributed by atoms with Gasteiger partial charge in [0.05, 0.1) is 13.2 Å². The lowest BCUT2D eigenvalue weighted by Crippen LogP contribution is -2.13. The summed E-state index contributed by atoms with van der Waals surface area (Å²) in [6.45, 7) is 6.32. The van der Waals surface area contributed by atoms with Crippen molar-refractivity contribution in [1.82, 2.24) is 0 Å². The molecule has 0 atom stereocenters. The molecule has 5 nitrogen and oxygen atoms in total. The molecule has 0 aliphatic rings. The smallest absolute Gasteiger partial charge is 0.333 e. The van der Waals surface area contributed by atoms with Gasteiger partial charge in [-0.05, 0) is 19.1 Å². The number of esters is 1. The van der Waals surface area contributed by atoms with Crippen LogP contribution in [-0.2, 0) is 14.3 Å². The number of carbonyl (C=O) groups excluding carboxylic acids is 1. The molecule has 0 amide bonds. The van der Waals surface area contributed by atoms with E-state index >= 15 is 0 Å². The van der Waals surface area contributed by atoms with E-state index in [9.17, 15) is 9.90 Å². The lowest BCUT2D eigenvalue weighted by Gasteiger charge is -2.10. The molecule has 2 rings (SSSR count). The second-order valence-corrected chi connectivity index (χ2v) is 5.01. The van der Waals surface area contributed by atoms with Gasteiger partial charge in [0.15, 0.2) is 0 Å². The van der Waals surface area contributed by atoms with Gasteiger partial charge >= 0.3 is 5.97 Å². The molecular formula is C18H20O5. The molecule has 2 aromatic rings. The van der Waals surface area contributed by atoms with Gasteiger partial charge < -0.3 is 19.3 Å². The summed E-state index contributed by atoms with van der Waals surface area (Å²) in [5.41, 5.74) is 0.368. The van der Waals surface area contributed by atoms with Gasteiger partial charge in [0.25, 0.3) is 0 Å². The number of hydrogen-bond donors (Lipinski definition) is 1. The summed E-state index contributed by atoms with van der Waals surface area (Å²) in [5.74, 6) is 0.500. The van der Waals surface area contributed by atoms with Crippen LogP contribution in [0.5, 0.6) is 11.5 Å². The molecule has 0 saturated heterocycles. The molecule has 0 unspecified atom stereocenters. The quantitative estimate of drug-likeness (QED) is 0.461.